The molecule has 0 amide bonds. The minimum absolute atomic E-state index is 0.0533. The van der Waals surface area contributed by atoms with E-state index in [1.54, 1.807) is 13.2 Å². The van der Waals surface area contributed by atoms with Gasteiger partial charge in [0.1, 0.15) is 11.6 Å². The fourth-order valence-electron chi connectivity index (χ4n) is 2.46. The van der Waals surface area contributed by atoms with E-state index in [-0.39, 0.29) is 11.9 Å². The van der Waals surface area contributed by atoms with Crippen LogP contribution in [0.2, 0.25) is 0 Å². The van der Waals surface area contributed by atoms with Crippen LogP contribution in [0.5, 0.6) is 5.75 Å². The summed E-state index contributed by atoms with van der Waals surface area (Å²) in [5.74, 6) is 0.679. The van der Waals surface area contributed by atoms with Gasteiger partial charge in [-0.2, -0.15) is 0 Å². The number of hydrogen-bond acceptors (Lipinski definition) is 2. The van der Waals surface area contributed by atoms with E-state index in [2.05, 4.69) is 12.2 Å². The van der Waals surface area contributed by atoms with Gasteiger partial charge in [0.05, 0.1) is 7.11 Å². The number of para-hydroxylation sites is 1. The zero-order valence-electron chi connectivity index (χ0n) is 12.6. The van der Waals surface area contributed by atoms with Crippen molar-refractivity contribution >= 4 is 0 Å². The molecule has 0 fully saturated rings. The van der Waals surface area contributed by atoms with Crippen LogP contribution in [0.3, 0.4) is 0 Å². The largest absolute Gasteiger partial charge is 0.496 e. The predicted octanol–water partition coefficient (Wildman–Crippen LogP) is 4.12. The third-order valence-corrected chi connectivity index (χ3v) is 3.54. The lowest BCUT2D eigenvalue weighted by molar-refractivity contribution is 0.404. The van der Waals surface area contributed by atoms with Crippen molar-refractivity contribution in [2.24, 2.45) is 0 Å². The van der Waals surface area contributed by atoms with Crippen molar-refractivity contribution in [1.29, 1.82) is 0 Å². The van der Waals surface area contributed by atoms with Crippen molar-refractivity contribution < 1.29 is 9.13 Å². The van der Waals surface area contributed by atoms with Crippen molar-refractivity contribution in [3.63, 3.8) is 0 Å². The van der Waals surface area contributed by atoms with E-state index < -0.39 is 0 Å². The van der Waals surface area contributed by atoms with Crippen LogP contribution in [0.4, 0.5) is 4.39 Å². The minimum Gasteiger partial charge on any atom is -0.496 e. The van der Waals surface area contributed by atoms with Gasteiger partial charge in [-0.1, -0.05) is 43.3 Å². The summed E-state index contributed by atoms with van der Waals surface area (Å²) in [6, 6.07) is 14.8. The van der Waals surface area contributed by atoms with Gasteiger partial charge >= 0.3 is 0 Å². The molecule has 0 aliphatic rings. The van der Waals surface area contributed by atoms with Crippen molar-refractivity contribution in [2.45, 2.75) is 25.8 Å². The smallest absolute Gasteiger partial charge is 0.127 e. The Balaban J connectivity index is 2.26. The average Bonchev–Trinajstić information content (AvgIpc) is 2.52. The van der Waals surface area contributed by atoms with Crippen LogP contribution in [0.15, 0.2) is 48.5 Å². The third-order valence-electron chi connectivity index (χ3n) is 3.54. The molecule has 2 aromatic carbocycles. The number of halogens is 1. The monoisotopic (exact) mass is 287 g/mol. The quantitative estimate of drug-likeness (QED) is 0.827. The molecule has 2 nitrogen and oxygen atoms in total. The highest BCUT2D eigenvalue weighted by molar-refractivity contribution is 5.35. The Morgan fingerprint density at radius 1 is 1.10 bits per heavy atom. The van der Waals surface area contributed by atoms with Gasteiger partial charge in [0.15, 0.2) is 0 Å². The Morgan fingerprint density at radius 3 is 2.52 bits per heavy atom. The maximum Gasteiger partial charge on any atom is 0.127 e. The lowest BCUT2D eigenvalue weighted by Gasteiger charge is -2.21. The van der Waals surface area contributed by atoms with E-state index in [9.17, 15) is 4.39 Å². The first kappa shape index (κ1) is 15.5. The van der Waals surface area contributed by atoms with Crippen LogP contribution in [0.25, 0.3) is 0 Å². The van der Waals surface area contributed by atoms with E-state index in [4.69, 9.17) is 4.74 Å². The number of ether oxygens (including phenoxy) is 1. The molecule has 21 heavy (non-hydrogen) atoms. The van der Waals surface area contributed by atoms with Gasteiger partial charge in [0.25, 0.3) is 0 Å². The average molecular weight is 287 g/mol. The first-order chi connectivity index (χ1) is 10.3. The highest BCUT2D eigenvalue weighted by Crippen LogP contribution is 2.26. The Kier molecular flexibility index (Phi) is 5.76. The second kappa shape index (κ2) is 7.79. The summed E-state index contributed by atoms with van der Waals surface area (Å²) >= 11 is 0. The fraction of sp³-hybridized carbons (Fsp3) is 0.333. The molecule has 1 N–H and O–H groups in total. The number of rotatable bonds is 7. The minimum atomic E-state index is -0.166. The zero-order chi connectivity index (χ0) is 15.1. The topological polar surface area (TPSA) is 21.3 Å². The number of methoxy groups -OCH3 is 1. The summed E-state index contributed by atoms with van der Waals surface area (Å²) < 4.78 is 19.5. The van der Waals surface area contributed by atoms with Gasteiger partial charge in [-0.25, -0.2) is 4.39 Å². The van der Waals surface area contributed by atoms with Crippen molar-refractivity contribution in [1.82, 2.24) is 5.32 Å². The van der Waals surface area contributed by atoms with E-state index >= 15 is 0 Å². The maximum absolute atomic E-state index is 14.1. The van der Waals surface area contributed by atoms with Gasteiger partial charge in [-0.05, 0) is 37.1 Å². The van der Waals surface area contributed by atoms with Crippen molar-refractivity contribution in [3.05, 3.63) is 65.5 Å². The van der Waals surface area contributed by atoms with E-state index in [1.165, 1.54) is 6.07 Å². The molecule has 0 saturated carbocycles. The molecule has 0 heterocycles. The molecule has 2 aromatic rings. The molecular formula is C18H22FNO. The van der Waals surface area contributed by atoms with Gasteiger partial charge in [0, 0.05) is 11.6 Å². The summed E-state index contributed by atoms with van der Waals surface area (Å²) in [5.41, 5.74) is 1.79. The third kappa shape index (κ3) is 4.05. The first-order valence-corrected chi connectivity index (χ1v) is 7.36. The predicted molar refractivity (Wildman–Crippen MR) is 84.1 cm³/mol. The number of nitrogens with one attached hydrogen (secondary N) is 1. The van der Waals surface area contributed by atoms with Crippen molar-refractivity contribution in [2.75, 3.05) is 13.7 Å². The van der Waals surface area contributed by atoms with Crippen LogP contribution in [0, 0.1) is 5.82 Å². The van der Waals surface area contributed by atoms with Gasteiger partial charge in [-0.3, -0.25) is 0 Å². The maximum atomic E-state index is 14.1. The molecule has 0 saturated heterocycles. The Labute approximate surface area is 126 Å². The Hall–Kier alpha value is -1.87. The molecule has 3 heteroatoms. The van der Waals surface area contributed by atoms with Crippen LogP contribution in [-0.2, 0) is 6.42 Å². The van der Waals surface area contributed by atoms with Crippen LogP contribution < -0.4 is 10.1 Å². The van der Waals surface area contributed by atoms with Crippen LogP contribution >= 0.6 is 0 Å². The molecule has 2 rings (SSSR count). The van der Waals surface area contributed by atoms with E-state index in [1.807, 2.05) is 36.4 Å². The molecule has 1 atom stereocenters. The molecule has 0 radical (unpaired) electrons. The molecule has 0 aromatic heterocycles. The highest BCUT2D eigenvalue weighted by atomic mass is 19.1. The molecule has 0 aliphatic carbocycles. The number of benzene rings is 2. The molecule has 0 aliphatic heterocycles. The van der Waals surface area contributed by atoms with E-state index in [0.717, 1.165) is 24.3 Å². The second-order valence-electron chi connectivity index (χ2n) is 5.04. The van der Waals surface area contributed by atoms with E-state index in [0.29, 0.717) is 12.0 Å². The molecule has 1 unspecified atom stereocenters. The SMILES string of the molecule is CCCNC(Cc1ccccc1OC)c1ccccc1F. The van der Waals surface area contributed by atoms with Crippen LogP contribution in [-0.4, -0.2) is 13.7 Å². The Morgan fingerprint density at radius 2 is 1.81 bits per heavy atom. The standard InChI is InChI=1S/C18H22FNO/c1-3-12-20-17(15-9-5-6-10-16(15)19)13-14-8-4-7-11-18(14)21-2/h4-11,17,20H,3,12-13H2,1-2H3. The molecule has 0 bridgehead atoms. The van der Waals surface area contributed by atoms with Crippen molar-refractivity contribution in [3.8, 4) is 5.75 Å². The lowest BCUT2D eigenvalue weighted by Crippen LogP contribution is -2.25. The van der Waals surface area contributed by atoms with Gasteiger partial charge in [-0.15, -0.1) is 0 Å². The molecule has 112 valence electrons. The Bertz CT molecular complexity index is 571. The zero-order valence-corrected chi connectivity index (χ0v) is 12.6. The van der Waals surface area contributed by atoms with Gasteiger partial charge in [0.2, 0.25) is 0 Å². The first-order valence-electron chi connectivity index (χ1n) is 7.36. The summed E-state index contributed by atoms with van der Waals surface area (Å²) in [7, 11) is 1.66. The summed E-state index contributed by atoms with van der Waals surface area (Å²) in [5, 5.41) is 3.43. The second-order valence-corrected chi connectivity index (χ2v) is 5.04. The highest BCUT2D eigenvalue weighted by Gasteiger charge is 2.17. The van der Waals surface area contributed by atoms with Crippen LogP contribution in [0.1, 0.15) is 30.5 Å². The lowest BCUT2D eigenvalue weighted by atomic mass is 9.97. The summed E-state index contributed by atoms with van der Waals surface area (Å²) in [6.45, 7) is 2.96. The summed E-state index contributed by atoms with van der Waals surface area (Å²) in [4.78, 5) is 0. The molecular weight excluding hydrogens is 265 g/mol. The fourth-order valence-corrected chi connectivity index (χ4v) is 2.46. The molecule has 0 spiro atoms. The normalized spacial score (nSPS) is 12.1. The number of hydrogen-bond donors (Lipinski definition) is 1. The van der Waals surface area contributed by atoms with Gasteiger partial charge < -0.3 is 10.1 Å². The summed E-state index contributed by atoms with van der Waals surface area (Å²) in [6.07, 6.45) is 1.71.